The van der Waals surface area contributed by atoms with E-state index in [0.29, 0.717) is 12.4 Å². The zero-order chi connectivity index (χ0) is 13.0. The fourth-order valence-electron chi connectivity index (χ4n) is 2.36. The van der Waals surface area contributed by atoms with Gasteiger partial charge < -0.3 is 20.5 Å². The smallest absolute Gasteiger partial charge is 0.213 e. The normalized spacial score (nSPS) is 24.4. The molecule has 3 N–H and O–H groups in total. The highest BCUT2D eigenvalue weighted by atomic mass is 16.5. The Hall–Kier alpha value is -1.17. The molecule has 1 aliphatic heterocycles. The Balaban J connectivity index is 1.84. The minimum atomic E-state index is -0.276. The van der Waals surface area contributed by atoms with Crippen LogP contribution >= 0.6 is 0 Å². The Bertz CT molecular complexity index is 386. The van der Waals surface area contributed by atoms with Crippen molar-refractivity contribution in [3.8, 4) is 5.88 Å². The van der Waals surface area contributed by atoms with Gasteiger partial charge in [0, 0.05) is 37.8 Å². The fraction of sp³-hybridized carbons (Fsp3) is 0.615. The van der Waals surface area contributed by atoms with Crippen LogP contribution in [0.25, 0.3) is 0 Å². The van der Waals surface area contributed by atoms with Crippen LogP contribution in [0.4, 0.5) is 0 Å². The fourth-order valence-corrected chi connectivity index (χ4v) is 2.36. The number of β-amino-alcohol motifs (C(OH)–C–C–N with tert-alkyl or cyclic N) is 1. The van der Waals surface area contributed by atoms with Crippen molar-refractivity contribution in [1.82, 2.24) is 9.88 Å². The SMILES string of the molecule is COc1cc(CCN2C[C@H](CN)[C@H](O)C2)ccn1. The number of methoxy groups -OCH3 is 1. The van der Waals surface area contributed by atoms with Gasteiger partial charge in [0.1, 0.15) is 0 Å². The zero-order valence-electron chi connectivity index (χ0n) is 10.7. The van der Waals surface area contributed by atoms with Gasteiger partial charge in [0.25, 0.3) is 0 Å². The summed E-state index contributed by atoms with van der Waals surface area (Å²) in [5, 5.41) is 9.79. The zero-order valence-corrected chi connectivity index (χ0v) is 10.7. The molecule has 0 saturated carbocycles. The average Bonchev–Trinajstić information content (AvgIpc) is 2.77. The molecular weight excluding hydrogens is 230 g/mol. The first-order chi connectivity index (χ1) is 8.72. The number of nitrogens with zero attached hydrogens (tertiary/aromatic N) is 2. The number of pyridine rings is 1. The first-order valence-corrected chi connectivity index (χ1v) is 6.32. The van der Waals surface area contributed by atoms with Crippen molar-refractivity contribution < 1.29 is 9.84 Å². The maximum atomic E-state index is 9.79. The lowest BCUT2D eigenvalue weighted by Crippen LogP contribution is -2.25. The van der Waals surface area contributed by atoms with E-state index in [1.54, 1.807) is 13.3 Å². The first kappa shape index (κ1) is 13.3. The molecule has 2 atom stereocenters. The third-order valence-electron chi connectivity index (χ3n) is 3.51. The number of aromatic nitrogens is 1. The van der Waals surface area contributed by atoms with Crippen LogP contribution in [0.3, 0.4) is 0 Å². The third kappa shape index (κ3) is 3.19. The van der Waals surface area contributed by atoms with E-state index in [2.05, 4.69) is 9.88 Å². The summed E-state index contributed by atoms with van der Waals surface area (Å²) in [5.41, 5.74) is 6.82. The van der Waals surface area contributed by atoms with Gasteiger partial charge in [-0.3, -0.25) is 0 Å². The van der Waals surface area contributed by atoms with E-state index in [4.69, 9.17) is 10.5 Å². The number of ether oxygens (including phenoxy) is 1. The summed E-state index contributed by atoms with van der Waals surface area (Å²) in [7, 11) is 1.62. The standard InChI is InChI=1S/C13H21N3O2/c1-18-13-6-10(2-4-15-13)3-5-16-8-11(7-14)12(17)9-16/h2,4,6,11-12,17H,3,5,7-9,14H2,1H3/t11-,12+/m0/s1. The van der Waals surface area contributed by atoms with Crippen LogP contribution in [-0.2, 0) is 6.42 Å². The summed E-state index contributed by atoms with van der Waals surface area (Å²) >= 11 is 0. The minimum Gasteiger partial charge on any atom is -0.481 e. The number of aliphatic hydroxyl groups excluding tert-OH is 1. The number of likely N-dealkylation sites (tertiary alicyclic amines) is 1. The molecule has 2 heterocycles. The van der Waals surface area contributed by atoms with Gasteiger partial charge in [-0.25, -0.2) is 4.98 Å². The quantitative estimate of drug-likeness (QED) is 0.763. The Morgan fingerprint density at radius 2 is 2.39 bits per heavy atom. The van der Waals surface area contributed by atoms with Crippen LogP contribution in [-0.4, -0.2) is 54.4 Å². The molecule has 1 aromatic rings. The number of aliphatic hydroxyl groups is 1. The highest BCUT2D eigenvalue weighted by molar-refractivity contribution is 5.20. The molecule has 1 saturated heterocycles. The summed E-state index contributed by atoms with van der Waals surface area (Å²) in [6.45, 7) is 3.10. The number of hydrogen-bond donors (Lipinski definition) is 2. The predicted octanol–water partition coefficient (Wildman–Crippen LogP) is -0.116. The van der Waals surface area contributed by atoms with Gasteiger partial charge >= 0.3 is 0 Å². The molecule has 0 radical (unpaired) electrons. The first-order valence-electron chi connectivity index (χ1n) is 6.32. The van der Waals surface area contributed by atoms with Crippen molar-refractivity contribution in [2.75, 3.05) is 33.3 Å². The van der Waals surface area contributed by atoms with Gasteiger partial charge in [0.15, 0.2) is 0 Å². The van der Waals surface area contributed by atoms with E-state index < -0.39 is 0 Å². The van der Waals surface area contributed by atoms with Crippen molar-refractivity contribution >= 4 is 0 Å². The van der Waals surface area contributed by atoms with E-state index in [1.807, 2.05) is 12.1 Å². The molecule has 0 bridgehead atoms. The van der Waals surface area contributed by atoms with Crippen LogP contribution in [0.2, 0.25) is 0 Å². The van der Waals surface area contributed by atoms with Crippen LogP contribution in [0, 0.1) is 5.92 Å². The molecule has 1 aromatic heterocycles. The molecule has 2 rings (SSSR count). The molecule has 0 aliphatic carbocycles. The number of rotatable bonds is 5. The van der Waals surface area contributed by atoms with Crippen molar-refractivity contribution in [1.29, 1.82) is 0 Å². The number of nitrogens with two attached hydrogens (primary N) is 1. The number of hydrogen-bond acceptors (Lipinski definition) is 5. The Morgan fingerprint density at radius 1 is 1.56 bits per heavy atom. The summed E-state index contributed by atoms with van der Waals surface area (Å²) in [5.74, 6) is 0.866. The lowest BCUT2D eigenvalue weighted by atomic mass is 10.1. The molecule has 0 unspecified atom stereocenters. The van der Waals surface area contributed by atoms with Crippen molar-refractivity contribution in [3.05, 3.63) is 23.9 Å². The molecule has 0 spiro atoms. The second-order valence-corrected chi connectivity index (χ2v) is 4.78. The Labute approximate surface area is 108 Å². The third-order valence-corrected chi connectivity index (χ3v) is 3.51. The largest absolute Gasteiger partial charge is 0.481 e. The molecule has 0 amide bonds. The van der Waals surface area contributed by atoms with Gasteiger partial charge in [-0.15, -0.1) is 0 Å². The molecule has 1 fully saturated rings. The van der Waals surface area contributed by atoms with E-state index in [1.165, 1.54) is 5.56 Å². The molecule has 5 heteroatoms. The van der Waals surface area contributed by atoms with Gasteiger partial charge in [0.05, 0.1) is 13.2 Å². The van der Waals surface area contributed by atoms with Gasteiger partial charge in [-0.2, -0.15) is 0 Å². The molecule has 18 heavy (non-hydrogen) atoms. The predicted molar refractivity (Wildman–Crippen MR) is 69.5 cm³/mol. The monoisotopic (exact) mass is 251 g/mol. The van der Waals surface area contributed by atoms with Gasteiger partial charge in [-0.05, 0) is 24.6 Å². The average molecular weight is 251 g/mol. The highest BCUT2D eigenvalue weighted by Crippen LogP contribution is 2.17. The maximum absolute atomic E-state index is 9.79. The maximum Gasteiger partial charge on any atom is 0.213 e. The second kappa shape index (κ2) is 6.13. The van der Waals surface area contributed by atoms with Crippen molar-refractivity contribution in [2.45, 2.75) is 12.5 Å². The summed E-state index contributed by atoms with van der Waals surface area (Å²) in [6, 6.07) is 3.95. The highest BCUT2D eigenvalue weighted by Gasteiger charge is 2.29. The second-order valence-electron chi connectivity index (χ2n) is 4.78. The lowest BCUT2D eigenvalue weighted by molar-refractivity contribution is 0.144. The van der Waals surface area contributed by atoms with Crippen molar-refractivity contribution in [2.24, 2.45) is 11.7 Å². The molecular formula is C13H21N3O2. The van der Waals surface area contributed by atoms with E-state index in [0.717, 1.165) is 26.1 Å². The van der Waals surface area contributed by atoms with E-state index in [9.17, 15) is 5.11 Å². The van der Waals surface area contributed by atoms with Gasteiger partial charge in [-0.1, -0.05) is 0 Å². The van der Waals surface area contributed by atoms with Crippen molar-refractivity contribution in [3.63, 3.8) is 0 Å². The molecule has 0 aromatic carbocycles. The minimum absolute atomic E-state index is 0.219. The molecule has 5 nitrogen and oxygen atoms in total. The molecule has 1 aliphatic rings. The Kier molecular flexibility index (Phi) is 4.52. The van der Waals surface area contributed by atoms with E-state index in [-0.39, 0.29) is 12.0 Å². The lowest BCUT2D eigenvalue weighted by Gasteiger charge is -2.15. The summed E-state index contributed by atoms with van der Waals surface area (Å²) in [6.07, 6.45) is 2.42. The van der Waals surface area contributed by atoms with Crippen LogP contribution in [0.5, 0.6) is 5.88 Å². The summed E-state index contributed by atoms with van der Waals surface area (Å²) < 4.78 is 5.10. The van der Waals surface area contributed by atoms with E-state index >= 15 is 0 Å². The Morgan fingerprint density at radius 3 is 3.06 bits per heavy atom. The molecule has 100 valence electrons. The summed E-state index contributed by atoms with van der Waals surface area (Å²) in [4.78, 5) is 6.34. The topological polar surface area (TPSA) is 71.6 Å². The van der Waals surface area contributed by atoms with Crippen LogP contribution < -0.4 is 10.5 Å². The van der Waals surface area contributed by atoms with Crippen LogP contribution in [0.1, 0.15) is 5.56 Å². The van der Waals surface area contributed by atoms with Crippen LogP contribution in [0.15, 0.2) is 18.3 Å². The van der Waals surface area contributed by atoms with Gasteiger partial charge in [0.2, 0.25) is 5.88 Å².